The van der Waals surface area contributed by atoms with E-state index in [0.717, 1.165) is 51.6 Å². The summed E-state index contributed by atoms with van der Waals surface area (Å²) >= 11 is 0. The first-order chi connectivity index (χ1) is 12.9. The number of rotatable bonds is 6. The lowest BCUT2D eigenvalue weighted by atomic mass is 9.96. The zero-order valence-electron chi connectivity index (χ0n) is 16.8. The Bertz CT molecular complexity index is 748. The van der Waals surface area contributed by atoms with Crippen molar-refractivity contribution in [2.45, 2.75) is 61.9 Å². The Morgan fingerprint density at radius 1 is 1.11 bits per heavy atom. The average Bonchev–Trinajstić information content (AvgIpc) is 3.16. The van der Waals surface area contributed by atoms with E-state index in [4.69, 9.17) is 0 Å². The summed E-state index contributed by atoms with van der Waals surface area (Å²) in [6, 6.07) is 6.74. The molecule has 1 unspecified atom stereocenters. The summed E-state index contributed by atoms with van der Waals surface area (Å²) in [6.45, 7) is 1.54. The molecule has 1 aliphatic heterocycles. The second-order valence-corrected chi connectivity index (χ2v) is 9.69. The smallest absolute Gasteiger partial charge is 0.254 e. The van der Waals surface area contributed by atoms with Gasteiger partial charge in [-0.15, -0.1) is 12.4 Å². The van der Waals surface area contributed by atoms with Gasteiger partial charge in [-0.05, 0) is 57.0 Å². The van der Waals surface area contributed by atoms with Crippen LogP contribution in [0, 0.1) is 0 Å². The molecule has 1 heterocycles. The van der Waals surface area contributed by atoms with Gasteiger partial charge in [0.05, 0.1) is 4.90 Å². The Morgan fingerprint density at radius 3 is 2.36 bits per heavy atom. The fourth-order valence-corrected chi connectivity index (χ4v) is 5.71. The molecule has 0 bridgehead atoms. The Labute approximate surface area is 175 Å². The summed E-state index contributed by atoms with van der Waals surface area (Å²) in [5.74, 6) is -0.0164. The Balaban J connectivity index is 0.00000280. The van der Waals surface area contributed by atoms with Crippen LogP contribution in [0.25, 0.3) is 0 Å². The first kappa shape index (κ1) is 23.1. The van der Waals surface area contributed by atoms with E-state index in [1.807, 2.05) is 11.9 Å². The summed E-state index contributed by atoms with van der Waals surface area (Å²) in [4.78, 5) is 15.0. The maximum absolute atomic E-state index is 12.9. The lowest BCUT2D eigenvalue weighted by molar-refractivity contribution is 0.0737. The van der Waals surface area contributed by atoms with Crippen LogP contribution in [0.1, 0.15) is 55.3 Å². The van der Waals surface area contributed by atoms with Gasteiger partial charge in [-0.3, -0.25) is 4.79 Å². The minimum Gasteiger partial charge on any atom is -0.334 e. The molecule has 1 atom stereocenters. The van der Waals surface area contributed by atoms with Gasteiger partial charge < -0.3 is 10.2 Å². The molecule has 0 aromatic heterocycles. The Kier molecular flexibility index (Phi) is 8.30. The van der Waals surface area contributed by atoms with Gasteiger partial charge >= 0.3 is 0 Å². The van der Waals surface area contributed by atoms with Crippen LogP contribution in [0.4, 0.5) is 0 Å². The van der Waals surface area contributed by atoms with Gasteiger partial charge in [0, 0.05) is 37.8 Å². The van der Waals surface area contributed by atoms with Crippen LogP contribution < -0.4 is 5.32 Å². The fourth-order valence-electron chi connectivity index (χ4n) is 4.29. The summed E-state index contributed by atoms with van der Waals surface area (Å²) in [6.07, 6.45) is 7.22. The van der Waals surface area contributed by atoms with Crippen LogP contribution in [0.2, 0.25) is 0 Å². The SMILES string of the molecule is CNCC1CCCN1C(=O)c1ccc(S(=O)(=O)N(C)C2CCCCC2)cc1.Cl. The van der Waals surface area contributed by atoms with Gasteiger partial charge in [-0.25, -0.2) is 8.42 Å². The van der Waals surface area contributed by atoms with E-state index in [2.05, 4.69) is 5.32 Å². The molecule has 1 aliphatic carbocycles. The molecule has 1 saturated heterocycles. The third kappa shape index (κ3) is 4.87. The van der Waals surface area contributed by atoms with Gasteiger partial charge in [0.15, 0.2) is 0 Å². The van der Waals surface area contributed by atoms with Gasteiger partial charge in [0.25, 0.3) is 5.91 Å². The molecule has 1 aromatic rings. The van der Waals surface area contributed by atoms with Gasteiger partial charge in [-0.1, -0.05) is 19.3 Å². The minimum absolute atomic E-state index is 0. The highest BCUT2D eigenvalue weighted by atomic mass is 35.5. The number of nitrogens with zero attached hydrogens (tertiary/aromatic N) is 2. The molecule has 28 heavy (non-hydrogen) atoms. The quantitative estimate of drug-likeness (QED) is 0.754. The lowest BCUT2D eigenvalue weighted by Gasteiger charge is -2.30. The van der Waals surface area contributed by atoms with Gasteiger partial charge in [-0.2, -0.15) is 4.31 Å². The summed E-state index contributed by atoms with van der Waals surface area (Å²) in [7, 11) is 0.0488. The summed E-state index contributed by atoms with van der Waals surface area (Å²) < 4.78 is 27.4. The maximum atomic E-state index is 12.9. The van der Waals surface area contributed by atoms with Crippen LogP contribution in [0.3, 0.4) is 0 Å². The van der Waals surface area contributed by atoms with Crippen molar-refractivity contribution in [3.05, 3.63) is 29.8 Å². The highest BCUT2D eigenvalue weighted by Gasteiger charge is 2.31. The molecule has 6 nitrogen and oxygen atoms in total. The van der Waals surface area contributed by atoms with Crippen LogP contribution in [0.15, 0.2) is 29.2 Å². The topological polar surface area (TPSA) is 69.7 Å². The van der Waals surface area contributed by atoms with Crippen LogP contribution >= 0.6 is 12.4 Å². The number of hydrogen-bond acceptors (Lipinski definition) is 4. The van der Waals surface area contributed by atoms with Crippen LogP contribution in [-0.2, 0) is 10.0 Å². The Morgan fingerprint density at radius 2 is 1.75 bits per heavy atom. The first-order valence-corrected chi connectivity index (χ1v) is 11.4. The van der Waals surface area contributed by atoms with E-state index >= 15 is 0 Å². The molecule has 1 amide bonds. The molecule has 1 N–H and O–H groups in total. The number of carbonyl (C=O) groups is 1. The summed E-state index contributed by atoms with van der Waals surface area (Å²) in [5, 5.41) is 3.14. The predicted octanol–water partition coefficient (Wildman–Crippen LogP) is 2.89. The number of nitrogens with one attached hydrogen (secondary N) is 1. The first-order valence-electron chi connectivity index (χ1n) is 9.99. The molecule has 2 aliphatic rings. The zero-order valence-corrected chi connectivity index (χ0v) is 18.4. The number of carbonyl (C=O) groups excluding carboxylic acids is 1. The maximum Gasteiger partial charge on any atom is 0.254 e. The number of benzene rings is 1. The second kappa shape index (κ2) is 10.1. The minimum atomic E-state index is -3.52. The van der Waals surface area contributed by atoms with E-state index in [1.165, 1.54) is 10.7 Å². The van der Waals surface area contributed by atoms with Crippen LogP contribution in [-0.4, -0.2) is 62.8 Å². The third-order valence-corrected chi connectivity index (χ3v) is 7.87. The predicted molar refractivity (Wildman–Crippen MR) is 113 cm³/mol. The average molecular weight is 430 g/mol. The normalized spacial score (nSPS) is 21.0. The molecule has 0 spiro atoms. The molecular weight excluding hydrogens is 398 g/mol. The van der Waals surface area contributed by atoms with Crippen molar-refractivity contribution in [3.8, 4) is 0 Å². The van der Waals surface area contributed by atoms with Crippen molar-refractivity contribution in [1.29, 1.82) is 0 Å². The molecule has 1 saturated carbocycles. The van der Waals surface area contributed by atoms with Gasteiger partial charge in [0.2, 0.25) is 10.0 Å². The third-order valence-electron chi connectivity index (χ3n) is 5.94. The van der Waals surface area contributed by atoms with Crippen molar-refractivity contribution >= 4 is 28.3 Å². The monoisotopic (exact) mass is 429 g/mol. The molecular formula is C20H32ClN3O3S. The number of amides is 1. The number of likely N-dealkylation sites (N-methyl/N-ethyl adjacent to an activating group) is 1. The van der Waals surface area contributed by atoms with E-state index in [1.54, 1.807) is 31.3 Å². The van der Waals surface area contributed by atoms with E-state index in [0.29, 0.717) is 5.56 Å². The molecule has 3 rings (SSSR count). The van der Waals surface area contributed by atoms with Crippen molar-refractivity contribution in [2.24, 2.45) is 0 Å². The number of hydrogen-bond donors (Lipinski definition) is 1. The summed E-state index contributed by atoms with van der Waals surface area (Å²) in [5.41, 5.74) is 0.553. The van der Waals surface area contributed by atoms with E-state index in [9.17, 15) is 13.2 Å². The number of likely N-dealkylation sites (tertiary alicyclic amines) is 1. The largest absolute Gasteiger partial charge is 0.334 e. The van der Waals surface area contributed by atoms with Crippen LogP contribution in [0.5, 0.6) is 0 Å². The van der Waals surface area contributed by atoms with Gasteiger partial charge in [0.1, 0.15) is 0 Å². The molecule has 0 radical (unpaired) electrons. The zero-order chi connectivity index (χ0) is 19.4. The van der Waals surface area contributed by atoms with E-state index < -0.39 is 10.0 Å². The molecule has 1 aromatic carbocycles. The fraction of sp³-hybridized carbons (Fsp3) is 0.650. The standard InChI is InChI=1S/C20H31N3O3S.ClH/c1-21-15-18-9-6-14-23(18)20(24)16-10-12-19(13-11-16)27(25,26)22(2)17-7-4-3-5-8-17;/h10-13,17-18,21H,3-9,14-15H2,1-2H3;1H. The van der Waals surface area contributed by atoms with Crippen molar-refractivity contribution in [3.63, 3.8) is 0 Å². The molecule has 8 heteroatoms. The van der Waals surface area contributed by atoms with Crippen molar-refractivity contribution in [1.82, 2.24) is 14.5 Å². The highest BCUT2D eigenvalue weighted by Crippen LogP contribution is 2.27. The number of sulfonamides is 1. The van der Waals surface area contributed by atoms with E-state index in [-0.39, 0.29) is 35.3 Å². The van der Waals surface area contributed by atoms with Crippen molar-refractivity contribution < 1.29 is 13.2 Å². The molecule has 2 fully saturated rings. The van der Waals surface area contributed by atoms with Crippen molar-refractivity contribution in [2.75, 3.05) is 27.2 Å². The lowest BCUT2D eigenvalue weighted by Crippen LogP contribution is -2.40. The highest BCUT2D eigenvalue weighted by molar-refractivity contribution is 7.89. The Hall–Kier alpha value is -1.15. The number of halogens is 1. The molecule has 158 valence electrons. The second-order valence-electron chi connectivity index (χ2n) is 7.69.